The number of anilines is 2. The average Bonchev–Trinajstić information content (AvgIpc) is 3.01. The van der Waals surface area contributed by atoms with E-state index in [1.807, 2.05) is 56.3 Å². The minimum Gasteiger partial charge on any atom is -0.494 e. The zero-order chi connectivity index (χ0) is 18.7. The van der Waals surface area contributed by atoms with Gasteiger partial charge < -0.3 is 15.0 Å². The van der Waals surface area contributed by atoms with Crippen molar-refractivity contribution in [2.75, 3.05) is 23.4 Å². The Morgan fingerprint density at radius 3 is 2.65 bits per heavy atom. The van der Waals surface area contributed by atoms with E-state index in [9.17, 15) is 9.59 Å². The molecule has 1 saturated heterocycles. The van der Waals surface area contributed by atoms with Gasteiger partial charge >= 0.3 is 0 Å². The van der Waals surface area contributed by atoms with Gasteiger partial charge in [-0.15, -0.1) is 0 Å². The van der Waals surface area contributed by atoms with Crippen molar-refractivity contribution in [1.29, 1.82) is 0 Å². The Bertz CT molecular complexity index is 820. The molecule has 1 atom stereocenters. The lowest BCUT2D eigenvalue weighted by Gasteiger charge is -2.17. The van der Waals surface area contributed by atoms with Crippen LogP contribution in [0.25, 0.3) is 0 Å². The topological polar surface area (TPSA) is 58.6 Å². The zero-order valence-electron chi connectivity index (χ0n) is 14.8. The largest absolute Gasteiger partial charge is 0.494 e. The van der Waals surface area contributed by atoms with E-state index in [1.54, 1.807) is 4.90 Å². The van der Waals surface area contributed by atoms with E-state index in [4.69, 9.17) is 4.74 Å². The normalized spacial score (nSPS) is 16.7. The molecule has 1 aliphatic heterocycles. The highest BCUT2D eigenvalue weighted by Gasteiger charge is 2.35. The lowest BCUT2D eigenvalue weighted by Crippen LogP contribution is -2.28. The SMILES string of the molecule is CCOc1ccc(N2C[C@@H](C(=O)Nc3ccc(Br)c(C)c3)CC2=O)cc1. The standard InChI is InChI=1S/C20H21BrN2O3/c1-3-26-17-7-5-16(6-8-17)23-12-14(11-19(23)24)20(25)22-15-4-9-18(21)13(2)10-15/h4-10,14H,3,11-12H2,1-2H3,(H,22,25)/t14-/m0/s1. The molecule has 0 aromatic heterocycles. The fourth-order valence-corrected chi connectivity index (χ4v) is 3.24. The molecule has 6 heteroatoms. The van der Waals surface area contributed by atoms with Gasteiger partial charge in [-0.05, 0) is 61.9 Å². The fourth-order valence-electron chi connectivity index (χ4n) is 2.99. The van der Waals surface area contributed by atoms with Crippen molar-refractivity contribution in [2.45, 2.75) is 20.3 Å². The number of aryl methyl sites for hydroxylation is 1. The summed E-state index contributed by atoms with van der Waals surface area (Å²) in [5.41, 5.74) is 2.57. The lowest BCUT2D eigenvalue weighted by atomic mass is 10.1. The molecule has 2 amide bonds. The van der Waals surface area contributed by atoms with E-state index < -0.39 is 0 Å². The highest BCUT2D eigenvalue weighted by molar-refractivity contribution is 9.10. The van der Waals surface area contributed by atoms with E-state index in [1.165, 1.54) is 0 Å². The Kier molecular flexibility index (Phi) is 5.61. The first-order valence-corrected chi connectivity index (χ1v) is 9.37. The Balaban J connectivity index is 1.66. The molecule has 0 spiro atoms. The first kappa shape index (κ1) is 18.5. The van der Waals surface area contributed by atoms with Gasteiger partial charge in [0.05, 0.1) is 12.5 Å². The van der Waals surface area contributed by atoms with E-state index in [0.29, 0.717) is 13.2 Å². The summed E-state index contributed by atoms with van der Waals surface area (Å²) in [5, 5.41) is 2.91. The number of rotatable bonds is 5. The second kappa shape index (κ2) is 7.91. The summed E-state index contributed by atoms with van der Waals surface area (Å²) < 4.78 is 6.42. The predicted octanol–water partition coefficient (Wildman–Crippen LogP) is 4.15. The summed E-state index contributed by atoms with van der Waals surface area (Å²) in [5.74, 6) is 0.232. The van der Waals surface area contributed by atoms with E-state index in [0.717, 1.165) is 27.2 Å². The number of nitrogens with zero attached hydrogens (tertiary/aromatic N) is 1. The highest BCUT2D eigenvalue weighted by Crippen LogP contribution is 2.28. The molecule has 1 N–H and O–H groups in total. The Hall–Kier alpha value is -2.34. The van der Waals surface area contributed by atoms with Crippen LogP contribution in [0.3, 0.4) is 0 Å². The molecule has 1 heterocycles. The molecule has 26 heavy (non-hydrogen) atoms. The zero-order valence-corrected chi connectivity index (χ0v) is 16.4. The van der Waals surface area contributed by atoms with E-state index in [-0.39, 0.29) is 24.2 Å². The van der Waals surface area contributed by atoms with Crippen LogP contribution in [0.4, 0.5) is 11.4 Å². The molecule has 0 saturated carbocycles. The molecule has 1 aliphatic rings. The van der Waals surface area contributed by atoms with Crippen molar-refractivity contribution in [3.05, 3.63) is 52.5 Å². The number of amides is 2. The van der Waals surface area contributed by atoms with Gasteiger partial charge in [-0.25, -0.2) is 0 Å². The third-order valence-electron chi connectivity index (χ3n) is 4.38. The first-order chi connectivity index (χ1) is 12.5. The third kappa shape index (κ3) is 4.07. The van der Waals surface area contributed by atoms with Gasteiger partial charge in [0.25, 0.3) is 0 Å². The van der Waals surface area contributed by atoms with Crippen molar-refractivity contribution >= 4 is 39.1 Å². The van der Waals surface area contributed by atoms with Gasteiger partial charge in [-0.2, -0.15) is 0 Å². The van der Waals surface area contributed by atoms with Crippen molar-refractivity contribution < 1.29 is 14.3 Å². The van der Waals surface area contributed by atoms with Gasteiger partial charge in [0.1, 0.15) is 5.75 Å². The smallest absolute Gasteiger partial charge is 0.229 e. The van der Waals surface area contributed by atoms with E-state index >= 15 is 0 Å². The summed E-state index contributed by atoms with van der Waals surface area (Å²) >= 11 is 3.45. The molecule has 1 fully saturated rings. The Labute approximate surface area is 161 Å². The summed E-state index contributed by atoms with van der Waals surface area (Å²) in [6.07, 6.45) is 0.217. The summed E-state index contributed by atoms with van der Waals surface area (Å²) in [7, 11) is 0. The number of hydrogen-bond donors (Lipinski definition) is 1. The highest BCUT2D eigenvalue weighted by atomic mass is 79.9. The van der Waals surface area contributed by atoms with Crippen molar-refractivity contribution in [2.24, 2.45) is 5.92 Å². The third-order valence-corrected chi connectivity index (χ3v) is 5.27. The van der Waals surface area contributed by atoms with Crippen LogP contribution in [0.1, 0.15) is 18.9 Å². The van der Waals surface area contributed by atoms with Crippen LogP contribution in [-0.2, 0) is 9.59 Å². The predicted molar refractivity (Wildman–Crippen MR) is 106 cm³/mol. The molecule has 3 rings (SSSR count). The molecular weight excluding hydrogens is 396 g/mol. The quantitative estimate of drug-likeness (QED) is 0.796. The van der Waals surface area contributed by atoms with Gasteiger partial charge in [-0.3, -0.25) is 9.59 Å². The summed E-state index contributed by atoms with van der Waals surface area (Å²) in [6.45, 7) is 4.87. The van der Waals surface area contributed by atoms with Crippen molar-refractivity contribution in [1.82, 2.24) is 0 Å². The van der Waals surface area contributed by atoms with Crippen LogP contribution >= 0.6 is 15.9 Å². The van der Waals surface area contributed by atoms with Gasteiger partial charge in [-0.1, -0.05) is 15.9 Å². The second-order valence-corrected chi connectivity index (χ2v) is 7.14. The van der Waals surface area contributed by atoms with Crippen LogP contribution in [0.2, 0.25) is 0 Å². The number of nitrogens with one attached hydrogen (secondary N) is 1. The molecule has 0 unspecified atom stereocenters. The minimum absolute atomic E-state index is 0.0405. The van der Waals surface area contributed by atoms with Gasteiger partial charge in [0, 0.05) is 28.8 Å². The first-order valence-electron chi connectivity index (χ1n) is 8.58. The fraction of sp³-hybridized carbons (Fsp3) is 0.300. The van der Waals surface area contributed by atoms with Gasteiger partial charge in [0.15, 0.2) is 0 Å². The lowest BCUT2D eigenvalue weighted by molar-refractivity contribution is -0.122. The molecule has 0 bridgehead atoms. The van der Waals surface area contributed by atoms with Crippen LogP contribution in [0.5, 0.6) is 5.75 Å². The Morgan fingerprint density at radius 2 is 2.00 bits per heavy atom. The molecule has 2 aromatic rings. The maximum Gasteiger partial charge on any atom is 0.229 e. The average molecular weight is 417 g/mol. The van der Waals surface area contributed by atoms with Crippen LogP contribution < -0.4 is 15.0 Å². The maximum atomic E-state index is 12.6. The monoisotopic (exact) mass is 416 g/mol. The second-order valence-electron chi connectivity index (χ2n) is 6.29. The van der Waals surface area contributed by atoms with E-state index in [2.05, 4.69) is 21.2 Å². The maximum absolute atomic E-state index is 12.6. The molecule has 0 aliphatic carbocycles. The number of benzene rings is 2. The summed E-state index contributed by atoms with van der Waals surface area (Å²) in [6, 6.07) is 13.0. The molecule has 136 valence electrons. The van der Waals surface area contributed by atoms with Crippen molar-refractivity contribution in [3.8, 4) is 5.75 Å². The van der Waals surface area contributed by atoms with Crippen LogP contribution in [-0.4, -0.2) is 25.0 Å². The number of carbonyl (C=O) groups excluding carboxylic acids is 2. The molecule has 2 aromatic carbocycles. The number of ether oxygens (including phenoxy) is 1. The Morgan fingerprint density at radius 1 is 1.27 bits per heavy atom. The number of hydrogen-bond acceptors (Lipinski definition) is 3. The molecular formula is C20H21BrN2O3. The minimum atomic E-state index is -0.363. The van der Waals surface area contributed by atoms with Crippen LogP contribution in [0, 0.1) is 12.8 Å². The van der Waals surface area contributed by atoms with Crippen molar-refractivity contribution in [3.63, 3.8) is 0 Å². The summed E-state index contributed by atoms with van der Waals surface area (Å²) in [4.78, 5) is 26.6. The molecule has 0 radical (unpaired) electrons. The van der Waals surface area contributed by atoms with Gasteiger partial charge in [0.2, 0.25) is 11.8 Å². The number of halogens is 1. The van der Waals surface area contributed by atoms with Crippen LogP contribution in [0.15, 0.2) is 46.9 Å². The number of carbonyl (C=O) groups is 2. The molecule has 5 nitrogen and oxygen atoms in total.